The largest absolute Gasteiger partial charge is 0.468 e. The van der Waals surface area contributed by atoms with E-state index in [1.165, 1.54) is 18.4 Å². The van der Waals surface area contributed by atoms with Crippen LogP contribution in [0.15, 0.2) is 22.8 Å². The number of rotatable bonds is 4. The summed E-state index contributed by atoms with van der Waals surface area (Å²) in [7, 11) is 1.07. The van der Waals surface area contributed by atoms with Gasteiger partial charge in [0.2, 0.25) is 0 Å². The highest BCUT2D eigenvalue weighted by molar-refractivity contribution is 6.38. The minimum absolute atomic E-state index is 0.135. The van der Waals surface area contributed by atoms with Gasteiger partial charge >= 0.3 is 5.97 Å². The molecule has 5 nitrogen and oxygen atoms in total. The van der Waals surface area contributed by atoms with Crippen LogP contribution in [-0.4, -0.2) is 25.1 Å². The van der Waals surface area contributed by atoms with Crippen LogP contribution in [0.3, 0.4) is 0 Å². The molecule has 0 amide bonds. The lowest BCUT2D eigenvalue weighted by Crippen LogP contribution is -2.24. The van der Waals surface area contributed by atoms with E-state index in [9.17, 15) is 14.4 Å². The second-order valence-electron chi connectivity index (χ2n) is 2.49. The van der Waals surface area contributed by atoms with Crippen molar-refractivity contribution in [2.75, 3.05) is 7.11 Å². The molecule has 0 radical (unpaired) electrons. The molecule has 0 fully saturated rings. The average molecular weight is 196 g/mol. The van der Waals surface area contributed by atoms with E-state index in [0.29, 0.717) is 6.29 Å². The second-order valence-corrected chi connectivity index (χ2v) is 2.49. The number of esters is 1. The molecule has 0 aliphatic heterocycles. The van der Waals surface area contributed by atoms with Gasteiger partial charge in [-0.15, -0.1) is 0 Å². The van der Waals surface area contributed by atoms with Gasteiger partial charge in [-0.25, -0.2) is 4.79 Å². The summed E-state index contributed by atoms with van der Waals surface area (Å²) in [6, 6.07) is 2.97. The first-order valence-corrected chi connectivity index (χ1v) is 3.81. The van der Waals surface area contributed by atoms with Crippen molar-refractivity contribution in [1.82, 2.24) is 0 Å². The zero-order valence-corrected chi connectivity index (χ0v) is 7.43. The third-order valence-electron chi connectivity index (χ3n) is 1.65. The summed E-state index contributed by atoms with van der Waals surface area (Å²) in [6.45, 7) is 0. The van der Waals surface area contributed by atoms with E-state index >= 15 is 0 Å². The minimum Gasteiger partial charge on any atom is -0.468 e. The molecule has 14 heavy (non-hydrogen) atoms. The molecule has 0 aliphatic carbocycles. The van der Waals surface area contributed by atoms with Gasteiger partial charge in [-0.1, -0.05) is 0 Å². The van der Waals surface area contributed by atoms with Crippen LogP contribution in [0.2, 0.25) is 0 Å². The maximum absolute atomic E-state index is 11.2. The van der Waals surface area contributed by atoms with E-state index in [0.717, 1.165) is 7.11 Å². The number of ether oxygens (including phenoxy) is 1. The van der Waals surface area contributed by atoms with E-state index in [-0.39, 0.29) is 5.76 Å². The Bertz CT molecular complexity index is 338. The molecule has 0 N–H and O–H groups in total. The quantitative estimate of drug-likeness (QED) is 0.300. The highest BCUT2D eigenvalue weighted by Crippen LogP contribution is 2.15. The first kappa shape index (κ1) is 10.2. The summed E-state index contributed by atoms with van der Waals surface area (Å²) in [5, 5.41) is 0. The number of hydrogen-bond acceptors (Lipinski definition) is 5. The van der Waals surface area contributed by atoms with Gasteiger partial charge in [0.05, 0.1) is 13.4 Å². The third-order valence-corrected chi connectivity index (χ3v) is 1.65. The lowest BCUT2D eigenvalue weighted by Gasteiger charge is -2.03. The molecular weight excluding hydrogens is 188 g/mol. The summed E-state index contributed by atoms with van der Waals surface area (Å²) in [5.41, 5.74) is 0. The fourth-order valence-corrected chi connectivity index (χ4v) is 0.954. The predicted octanol–water partition coefficient (Wildman–Crippen LogP) is 0.304. The van der Waals surface area contributed by atoms with Crippen LogP contribution < -0.4 is 0 Å². The Balaban J connectivity index is 2.88. The number of ketones is 1. The highest BCUT2D eigenvalue weighted by Gasteiger charge is 2.29. The number of carbonyl (C=O) groups excluding carboxylic acids is 3. The fourth-order valence-electron chi connectivity index (χ4n) is 0.954. The van der Waals surface area contributed by atoms with E-state index in [1.807, 2.05) is 0 Å². The van der Waals surface area contributed by atoms with Crippen LogP contribution in [0.25, 0.3) is 0 Å². The van der Waals surface area contributed by atoms with E-state index < -0.39 is 17.7 Å². The minimum atomic E-state index is -1.21. The van der Waals surface area contributed by atoms with Crippen LogP contribution in [0.1, 0.15) is 11.7 Å². The Hall–Kier alpha value is -1.91. The molecule has 0 saturated heterocycles. The molecule has 0 aromatic carbocycles. The summed E-state index contributed by atoms with van der Waals surface area (Å²) in [6.07, 6.45) is 1.66. The van der Waals surface area contributed by atoms with Gasteiger partial charge in [0.1, 0.15) is 18.0 Å². The van der Waals surface area contributed by atoms with Crippen LogP contribution in [-0.2, 0) is 19.1 Å². The van der Waals surface area contributed by atoms with Crippen molar-refractivity contribution in [2.24, 2.45) is 0 Å². The molecule has 1 rings (SSSR count). The lowest BCUT2D eigenvalue weighted by atomic mass is 10.0. The monoisotopic (exact) mass is 196 g/mol. The van der Waals surface area contributed by atoms with E-state index in [1.54, 1.807) is 0 Å². The van der Waals surface area contributed by atoms with Crippen molar-refractivity contribution in [3.63, 3.8) is 0 Å². The van der Waals surface area contributed by atoms with Crippen molar-refractivity contribution in [1.29, 1.82) is 0 Å². The highest BCUT2D eigenvalue weighted by atomic mass is 16.5. The van der Waals surface area contributed by atoms with Gasteiger partial charge in [0.15, 0.2) is 0 Å². The van der Waals surface area contributed by atoms with Gasteiger partial charge in [0.25, 0.3) is 5.78 Å². The molecular formula is C9H8O5. The maximum atomic E-state index is 11.2. The molecule has 1 unspecified atom stereocenters. The fraction of sp³-hybridized carbons (Fsp3) is 0.222. The smallest absolute Gasteiger partial charge is 0.375 e. The Morgan fingerprint density at radius 1 is 1.57 bits per heavy atom. The number of hydrogen-bond donors (Lipinski definition) is 0. The average Bonchev–Trinajstić information content (AvgIpc) is 2.71. The van der Waals surface area contributed by atoms with Gasteiger partial charge in [-0.3, -0.25) is 4.79 Å². The molecule has 1 aromatic rings. The summed E-state index contributed by atoms with van der Waals surface area (Å²) in [4.78, 5) is 32.6. The Morgan fingerprint density at radius 2 is 2.29 bits per heavy atom. The number of methoxy groups -OCH3 is 1. The predicted molar refractivity (Wildman–Crippen MR) is 44.5 cm³/mol. The van der Waals surface area contributed by atoms with Gasteiger partial charge in [-0.2, -0.15) is 0 Å². The summed E-state index contributed by atoms with van der Waals surface area (Å²) >= 11 is 0. The molecule has 1 atom stereocenters. The van der Waals surface area contributed by atoms with Crippen LogP contribution in [0, 0.1) is 0 Å². The molecule has 0 spiro atoms. The molecule has 74 valence electrons. The second kappa shape index (κ2) is 4.36. The van der Waals surface area contributed by atoms with Crippen molar-refractivity contribution >= 4 is 18.0 Å². The molecule has 1 aromatic heterocycles. The number of Topliss-reactive ketones (excluding diaryl/α,β-unsaturated/α-hetero) is 1. The van der Waals surface area contributed by atoms with E-state index in [4.69, 9.17) is 4.42 Å². The van der Waals surface area contributed by atoms with Crippen LogP contribution >= 0.6 is 0 Å². The molecule has 0 bridgehead atoms. The Morgan fingerprint density at radius 3 is 2.71 bits per heavy atom. The normalized spacial score (nSPS) is 11.8. The maximum Gasteiger partial charge on any atom is 0.375 e. The van der Waals surface area contributed by atoms with Gasteiger partial charge in [-0.05, 0) is 12.1 Å². The van der Waals surface area contributed by atoms with Crippen molar-refractivity contribution in [3.05, 3.63) is 24.2 Å². The van der Waals surface area contributed by atoms with Gasteiger partial charge in [0, 0.05) is 0 Å². The third kappa shape index (κ3) is 1.87. The standard InChI is InChI=1S/C9H8O5/c1-13-9(12)8(11)6(5-10)7-3-2-4-14-7/h2-6H,1H3. The topological polar surface area (TPSA) is 73.6 Å². The summed E-state index contributed by atoms with van der Waals surface area (Å²) in [5.74, 6) is -3.07. The molecule has 1 heterocycles. The van der Waals surface area contributed by atoms with Crippen molar-refractivity contribution < 1.29 is 23.5 Å². The molecule has 0 saturated carbocycles. The lowest BCUT2D eigenvalue weighted by molar-refractivity contribution is -0.153. The first-order chi connectivity index (χ1) is 6.70. The SMILES string of the molecule is COC(=O)C(=O)C(C=O)c1ccco1. The molecule has 5 heteroatoms. The zero-order valence-electron chi connectivity index (χ0n) is 7.43. The molecule has 0 aliphatic rings. The summed E-state index contributed by atoms with van der Waals surface area (Å²) < 4.78 is 9.05. The van der Waals surface area contributed by atoms with E-state index in [2.05, 4.69) is 4.74 Å². The van der Waals surface area contributed by atoms with Crippen molar-refractivity contribution in [3.8, 4) is 0 Å². The zero-order chi connectivity index (χ0) is 10.6. The van der Waals surface area contributed by atoms with Gasteiger partial charge < -0.3 is 13.9 Å². The number of carbonyl (C=O) groups is 3. The first-order valence-electron chi connectivity index (χ1n) is 3.81. The number of furan rings is 1. The van der Waals surface area contributed by atoms with Crippen LogP contribution in [0.4, 0.5) is 0 Å². The number of aldehydes is 1. The Labute approximate surface area is 79.6 Å². The Kier molecular flexibility index (Phi) is 3.17. The van der Waals surface area contributed by atoms with Crippen molar-refractivity contribution in [2.45, 2.75) is 5.92 Å². The van der Waals surface area contributed by atoms with Crippen LogP contribution in [0.5, 0.6) is 0 Å².